The summed E-state index contributed by atoms with van der Waals surface area (Å²) in [7, 11) is 3.93. The summed E-state index contributed by atoms with van der Waals surface area (Å²) in [5.41, 5.74) is 2.16. The molecule has 2 aromatic rings. The van der Waals surface area contributed by atoms with Crippen molar-refractivity contribution < 1.29 is 9.47 Å². The van der Waals surface area contributed by atoms with Crippen LogP contribution in [0.3, 0.4) is 0 Å². The smallest absolute Gasteiger partial charge is 0.162 e. The van der Waals surface area contributed by atoms with Gasteiger partial charge < -0.3 is 19.4 Å². The van der Waals surface area contributed by atoms with E-state index in [0.29, 0.717) is 13.2 Å². The summed E-state index contributed by atoms with van der Waals surface area (Å²) in [5.74, 6) is 2.63. The molecule has 0 fully saturated rings. The Morgan fingerprint density at radius 3 is 2.84 bits per heavy atom. The number of rotatable bonds is 3. The molecule has 100 valence electrons. The Labute approximate surface area is 112 Å². The Morgan fingerprint density at radius 1 is 1.26 bits per heavy atom. The monoisotopic (exact) mass is 259 g/mol. The van der Waals surface area contributed by atoms with E-state index in [1.807, 2.05) is 38.5 Å². The highest BCUT2D eigenvalue weighted by Gasteiger charge is 2.14. The molecule has 0 amide bonds. The third-order valence-corrected chi connectivity index (χ3v) is 3.26. The van der Waals surface area contributed by atoms with E-state index >= 15 is 0 Å². The molecule has 0 bridgehead atoms. The molecular formula is C14H17N3O2. The van der Waals surface area contributed by atoms with Gasteiger partial charge in [-0.15, -0.1) is 0 Å². The molecule has 0 radical (unpaired) electrons. The van der Waals surface area contributed by atoms with Gasteiger partial charge in [0.2, 0.25) is 0 Å². The molecule has 0 unspecified atom stereocenters. The molecule has 1 aromatic carbocycles. The number of hydrogen-bond acceptors (Lipinski definition) is 4. The molecule has 1 N–H and O–H groups in total. The number of nitrogens with zero attached hydrogens (tertiary/aromatic N) is 2. The fourth-order valence-corrected chi connectivity index (χ4v) is 2.24. The molecule has 0 atom stereocenters. The summed E-state index contributed by atoms with van der Waals surface area (Å²) in [6.45, 7) is 1.97. The molecule has 0 saturated heterocycles. The second kappa shape index (κ2) is 4.93. The molecule has 2 heterocycles. The first-order valence-electron chi connectivity index (χ1n) is 6.35. The average molecular weight is 259 g/mol. The normalized spacial score (nSPS) is 13.6. The van der Waals surface area contributed by atoms with Crippen molar-refractivity contribution in [1.82, 2.24) is 14.9 Å². The van der Waals surface area contributed by atoms with Crippen molar-refractivity contribution in [3.8, 4) is 22.8 Å². The number of fused-ring (bicyclic) bond motifs is 1. The SMILES string of the molecule is CNCc1ncc(-c2ccc3c(c2)OCCO3)n1C. The van der Waals surface area contributed by atoms with Crippen molar-refractivity contribution in [1.29, 1.82) is 0 Å². The molecule has 0 spiro atoms. The van der Waals surface area contributed by atoms with Gasteiger partial charge >= 0.3 is 0 Å². The molecule has 19 heavy (non-hydrogen) atoms. The molecule has 1 aliphatic heterocycles. The molecule has 0 saturated carbocycles. The van der Waals surface area contributed by atoms with Crippen LogP contribution in [0.4, 0.5) is 0 Å². The minimum absolute atomic E-state index is 0.604. The van der Waals surface area contributed by atoms with Crippen LogP contribution in [-0.4, -0.2) is 29.8 Å². The van der Waals surface area contributed by atoms with Crippen LogP contribution in [0.2, 0.25) is 0 Å². The van der Waals surface area contributed by atoms with Crippen LogP contribution in [0.15, 0.2) is 24.4 Å². The van der Waals surface area contributed by atoms with Crippen LogP contribution >= 0.6 is 0 Å². The fourth-order valence-electron chi connectivity index (χ4n) is 2.24. The van der Waals surface area contributed by atoms with Crippen LogP contribution in [0.25, 0.3) is 11.3 Å². The summed E-state index contributed by atoms with van der Waals surface area (Å²) >= 11 is 0. The van der Waals surface area contributed by atoms with Crippen molar-refractivity contribution in [3.05, 3.63) is 30.2 Å². The van der Waals surface area contributed by atoms with Gasteiger partial charge in [0.15, 0.2) is 11.5 Å². The first kappa shape index (κ1) is 12.0. The third-order valence-electron chi connectivity index (χ3n) is 3.26. The van der Waals surface area contributed by atoms with Gasteiger partial charge in [0, 0.05) is 12.6 Å². The zero-order chi connectivity index (χ0) is 13.2. The van der Waals surface area contributed by atoms with E-state index in [1.165, 1.54) is 0 Å². The molecule has 5 heteroatoms. The minimum Gasteiger partial charge on any atom is -0.486 e. The maximum atomic E-state index is 5.61. The predicted octanol–water partition coefficient (Wildman–Crippen LogP) is 1.58. The Hall–Kier alpha value is -2.01. The lowest BCUT2D eigenvalue weighted by Crippen LogP contribution is -2.15. The maximum absolute atomic E-state index is 5.61. The van der Waals surface area contributed by atoms with Gasteiger partial charge in [0.1, 0.15) is 19.0 Å². The van der Waals surface area contributed by atoms with Gasteiger partial charge in [0.05, 0.1) is 18.4 Å². The van der Waals surface area contributed by atoms with E-state index < -0.39 is 0 Å². The van der Waals surface area contributed by atoms with E-state index in [2.05, 4.69) is 14.9 Å². The van der Waals surface area contributed by atoms with E-state index in [0.717, 1.165) is 35.1 Å². The first-order chi connectivity index (χ1) is 9.29. The van der Waals surface area contributed by atoms with Gasteiger partial charge in [0.25, 0.3) is 0 Å². The number of aromatic nitrogens is 2. The van der Waals surface area contributed by atoms with Gasteiger partial charge in [-0.25, -0.2) is 4.98 Å². The van der Waals surface area contributed by atoms with Crippen LogP contribution in [-0.2, 0) is 13.6 Å². The number of benzene rings is 1. The summed E-state index contributed by atoms with van der Waals surface area (Å²) in [5, 5.41) is 3.11. The third kappa shape index (κ3) is 2.17. The van der Waals surface area contributed by atoms with Crippen LogP contribution in [0.5, 0.6) is 11.5 Å². The second-order valence-corrected chi connectivity index (χ2v) is 4.51. The van der Waals surface area contributed by atoms with Gasteiger partial charge in [-0.1, -0.05) is 0 Å². The molecular weight excluding hydrogens is 242 g/mol. The lowest BCUT2D eigenvalue weighted by atomic mass is 10.1. The average Bonchev–Trinajstić information content (AvgIpc) is 2.80. The van der Waals surface area contributed by atoms with Gasteiger partial charge in [-0.2, -0.15) is 0 Å². The lowest BCUT2D eigenvalue weighted by Gasteiger charge is -2.19. The van der Waals surface area contributed by atoms with Crippen molar-refractivity contribution in [2.45, 2.75) is 6.54 Å². The lowest BCUT2D eigenvalue weighted by molar-refractivity contribution is 0.171. The largest absolute Gasteiger partial charge is 0.486 e. The highest BCUT2D eigenvalue weighted by Crippen LogP contribution is 2.34. The molecule has 3 rings (SSSR count). The van der Waals surface area contributed by atoms with Crippen LogP contribution in [0, 0.1) is 0 Å². The highest BCUT2D eigenvalue weighted by atomic mass is 16.6. The molecule has 1 aliphatic rings. The van der Waals surface area contributed by atoms with Gasteiger partial charge in [-0.05, 0) is 25.2 Å². The molecule has 5 nitrogen and oxygen atoms in total. The van der Waals surface area contributed by atoms with Crippen molar-refractivity contribution in [2.75, 3.05) is 20.3 Å². The second-order valence-electron chi connectivity index (χ2n) is 4.51. The Bertz CT molecular complexity index is 592. The fraction of sp³-hybridized carbons (Fsp3) is 0.357. The summed E-state index contributed by atoms with van der Waals surface area (Å²) in [6, 6.07) is 6.00. The minimum atomic E-state index is 0.604. The number of nitrogens with one attached hydrogen (secondary N) is 1. The number of hydrogen-bond donors (Lipinski definition) is 1. The Balaban J connectivity index is 1.98. The number of ether oxygens (including phenoxy) is 2. The first-order valence-corrected chi connectivity index (χ1v) is 6.35. The molecule has 0 aliphatic carbocycles. The Kier molecular flexibility index (Phi) is 3.13. The summed E-state index contributed by atoms with van der Waals surface area (Å²) in [4.78, 5) is 4.42. The maximum Gasteiger partial charge on any atom is 0.162 e. The van der Waals surface area contributed by atoms with Gasteiger partial charge in [-0.3, -0.25) is 0 Å². The summed E-state index contributed by atoms with van der Waals surface area (Å²) in [6.07, 6.45) is 1.89. The molecule has 1 aromatic heterocycles. The highest BCUT2D eigenvalue weighted by molar-refractivity contribution is 5.64. The van der Waals surface area contributed by atoms with E-state index in [1.54, 1.807) is 0 Å². The zero-order valence-electron chi connectivity index (χ0n) is 11.1. The topological polar surface area (TPSA) is 48.3 Å². The van der Waals surface area contributed by atoms with E-state index in [4.69, 9.17) is 9.47 Å². The Morgan fingerprint density at radius 2 is 2.05 bits per heavy atom. The van der Waals surface area contributed by atoms with E-state index in [-0.39, 0.29) is 0 Å². The van der Waals surface area contributed by atoms with Crippen LogP contribution in [0.1, 0.15) is 5.82 Å². The number of imidazole rings is 1. The standard InChI is InChI=1S/C14H17N3O2/c1-15-9-14-16-8-11(17(14)2)10-3-4-12-13(7-10)19-6-5-18-12/h3-4,7-8,15H,5-6,9H2,1-2H3. The van der Waals surface area contributed by atoms with Crippen LogP contribution < -0.4 is 14.8 Å². The van der Waals surface area contributed by atoms with E-state index in [9.17, 15) is 0 Å². The van der Waals surface area contributed by atoms with Crippen molar-refractivity contribution in [3.63, 3.8) is 0 Å². The quantitative estimate of drug-likeness (QED) is 0.909. The zero-order valence-corrected chi connectivity index (χ0v) is 11.1. The van der Waals surface area contributed by atoms with Crippen molar-refractivity contribution >= 4 is 0 Å². The predicted molar refractivity (Wildman–Crippen MR) is 72.4 cm³/mol. The van der Waals surface area contributed by atoms with Crippen molar-refractivity contribution in [2.24, 2.45) is 7.05 Å². The summed E-state index contributed by atoms with van der Waals surface area (Å²) < 4.78 is 13.2.